The number of aliphatic hydroxyl groups is 1. The van der Waals surface area contributed by atoms with Gasteiger partial charge in [0.2, 0.25) is 5.89 Å². The van der Waals surface area contributed by atoms with Crippen molar-refractivity contribution in [3.05, 3.63) is 89.1 Å². The van der Waals surface area contributed by atoms with Gasteiger partial charge < -0.3 is 29.7 Å². The van der Waals surface area contributed by atoms with Gasteiger partial charge in [0.25, 0.3) is 11.8 Å². The normalized spacial score (nSPS) is 20.4. The highest BCUT2D eigenvalue weighted by Crippen LogP contribution is 2.33. The minimum atomic E-state index is -1.11. The molecule has 0 spiro atoms. The van der Waals surface area contributed by atoms with E-state index in [1.54, 1.807) is 35.4 Å². The number of aromatic nitrogens is 1. The predicted octanol–water partition coefficient (Wildman–Crippen LogP) is 3.80. The van der Waals surface area contributed by atoms with Crippen LogP contribution in [0.5, 0.6) is 0 Å². The molecule has 210 valence electrons. The number of hydrogen-bond acceptors (Lipinski definition) is 6. The lowest BCUT2D eigenvalue weighted by molar-refractivity contribution is 0.0412. The zero-order valence-electron chi connectivity index (χ0n) is 22.4. The molecule has 3 amide bonds. The van der Waals surface area contributed by atoms with Crippen LogP contribution in [-0.2, 0) is 6.42 Å². The van der Waals surface area contributed by atoms with E-state index in [9.17, 15) is 24.6 Å². The monoisotopic (exact) mass is 546 g/mol. The van der Waals surface area contributed by atoms with Gasteiger partial charge in [0.15, 0.2) is 0 Å². The summed E-state index contributed by atoms with van der Waals surface area (Å²) in [5, 5.41) is 23.9. The van der Waals surface area contributed by atoms with Crippen molar-refractivity contribution in [3.63, 3.8) is 0 Å². The Morgan fingerprint density at radius 1 is 1.02 bits per heavy atom. The number of nitrogens with zero attached hydrogens (tertiary/aromatic N) is 3. The topological polar surface area (TPSA) is 136 Å². The molecular formula is C30H34N4O6. The number of likely N-dealkylation sites (tertiary alicyclic amines) is 2. The number of rotatable bonds is 8. The summed E-state index contributed by atoms with van der Waals surface area (Å²) in [7, 11) is 0. The predicted molar refractivity (Wildman–Crippen MR) is 146 cm³/mol. The van der Waals surface area contributed by atoms with E-state index >= 15 is 0 Å². The zero-order valence-corrected chi connectivity index (χ0v) is 22.4. The summed E-state index contributed by atoms with van der Waals surface area (Å²) in [5.41, 5.74) is 2.30. The Labute approximate surface area is 232 Å². The highest BCUT2D eigenvalue weighted by Gasteiger charge is 2.39. The number of aryl methyl sites for hydroxylation is 1. The second kappa shape index (κ2) is 11.9. The molecule has 3 N–H and O–H groups in total. The summed E-state index contributed by atoms with van der Waals surface area (Å²) < 4.78 is 5.57. The molecule has 2 saturated heterocycles. The van der Waals surface area contributed by atoms with Crippen LogP contribution in [-0.4, -0.2) is 74.2 Å². The zero-order chi connectivity index (χ0) is 28.2. The maximum absolute atomic E-state index is 13.5. The number of nitrogens with one attached hydrogen (secondary N) is 1. The maximum Gasteiger partial charge on any atom is 0.407 e. The van der Waals surface area contributed by atoms with Gasteiger partial charge in [0.05, 0.1) is 23.9 Å². The van der Waals surface area contributed by atoms with Gasteiger partial charge in [-0.3, -0.25) is 9.59 Å². The second-order valence-corrected chi connectivity index (χ2v) is 10.5. The van der Waals surface area contributed by atoms with Gasteiger partial charge in [-0.05, 0) is 62.8 Å². The van der Waals surface area contributed by atoms with Crippen LogP contribution in [0.15, 0.2) is 65.3 Å². The van der Waals surface area contributed by atoms with Gasteiger partial charge in [-0.15, -0.1) is 0 Å². The van der Waals surface area contributed by atoms with Crippen LogP contribution in [0, 0.1) is 6.92 Å². The van der Waals surface area contributed by atoms with E-state index in [4.69, 9.17) is 4.42 Å². The van der Waals surface area contributed by atoms with Gasteiger partial charge in [-0.1, -0.05) is 36.4 Å². The van der Waals surface area contributed by atoms with Gasteiger partial charge in [0.1, 0.15) is 12.3 Å². The Morgan fingerprint density at radius 3 is 2.48 bits per heavy atom. The fraction of sp³-hybridized carbons (Fsp3) is 0.400. The number of aliphatic hydroxyl groups excluding tert-OH is 1. The third-order valence-corrected chi connectivity index (χ3v) is 7.77. The smallest absolute Gasteiger partial charge is 0.407 e. The molecule has 1 aromatic heterocycles. The van der Waals surface area contributed by atoms with Crippen molar-refractivity contribution in [2.75, 3.05) is 13.1 Å². The van der Waals surface area contributed by atoms with Crippen molar-refractivity contribution >= 4 is 17.9 Å². The van der Waals surface area contributed by atoms with Crippen LogP contribution >= 0.6 is 0 Å². The van der Waals surface area contributed by atoms with Gasteiger partial charge >= 0.3 is 6.09 Å². The molecule has 0 aliphatic carbocycles. The first-order valence-electron chi connectivity index (χ1n) is 13.7. The molecule has 5 rings (SSSR count). The summed E-state index contributed by atoms with van der Waals surface area (Å²) >= 11 is 0. The second-order valence-electron chi connectivity index (χ2n) is 10.5. The average molecular weight is 547 g/mol. The first kappa shape index (κ1) is 27.4. The van der Waals surface area contributed by atoms with Crippen LogP contribution in [0.4, 0.5) is 4.79 Å². The molecule has 10 heteroatoms. The molecule has 4 atom stereocenters. The first-order valence-corrected chi connectivity index (χ1v) is 13.7. The standard InChI is InChI=1S/C30H34N4O6/c1-19-18-40-28(31-19)25-13-7-14-33(25)29(37)22-11-5-10-21(17-22)27(36)32-23(16-20-8-3-2-4-9-20)26(35)24-12-6-15-34(24)30(38)39/h2-5,8-11,17-18,23-26,35H,6-7,12-16H2,1H3,(H,32,36)(H,38,39). The lowest BCUT2D eigenvalue weighted by atomic mass is 9.94. The largest absolute Gasteiger partial charge is 0.465 e. The fourth-order valence-corrected chi connectivity index (χ4v) is 5.78. The lowest BCUT2D eigenvalue weighted by Crippen LogP contribution is -2.54. The van der Waals surface area contributed by atoms with E-state index in [1.807, 2.05) is 37.3 Å². The molecule has 2 aromatic carbocycles. The molecule has 10 nitrogen and oxygen atoms in total. The van der Waals surface area contributed by atoms with E-state index in [-0.39, 0.29) is 17.5 Å². The molecule has 2 aliphatic rings. The van der Waals surface area contributed by atoms with E-state index in [0.717, 1.165) is 24.1 Å². The van der Waals surface area contributed by atoms with Crippen LogP contribution in [0.3, 0.4) is 0 Å². The first-order chi connectivity index (χ1) is 19.3. The minimum Gasteiger partial charge on any atom is -0.465 e. The lowest BCUT2D eigenvalue weighted by Gasteiger charge is -2.32. The van der Waals surface area contributed by atoms with Crippen LogP contribution in [0.1, 0.15) is 69.6 Å². The quantitative estimate of drug-likeness (QED) is 0.391. The fourth-order valence-electron chi connectivity index (χ4n) is 5.78. The number of amides is 3. The molecule has 4 unspecified atom stereocenters. The molecular weight excluding hydrogens is 512 g/mol. The summed E-state index contributed by atoms with van der Waals surface area (Å²) in [6, 6.07) is 14.3. The van der Waals surface area contributed by atoms with Gasteiger partial charge in [-0.25, -0.2) is 9.78 Å². The van der Waals surface area contributed by atoms with Crippen molar-refractivity contribution in [1.29, 1.82) is 0 Å². The van der Waals surface area contributed by atoms with E-state index in [1.165, 1.54) is 4.90 Å². The molecule has 0 radical (unpaired) electrons. The van der Waals surface area contributed by atoms with Crippen molar-refractivity contribution < 1.29 is 29.0 Å². The van der Waals surface area contributed by atoms with Gasteiger partial charge in [-0.2, -0.15) is 0 Å². The number of carboxylic acid groups (broad SMARTS) is 1. The molecule has 0 bridgehead atoms. The number of carbonyl (C=O) groups excluding carboxylic acids is 2. The van der Waals surface area contributed by atoms with E-state index in [0.29, 0.717) is 43.8 Å². The van der Waals surface area contributed by atoms with Crippen molar-refractivity contribution in [2.24, 2.45) is 0 Å². The Kier molecular flexibility index (Phi) is 8.16. The summed E-state index contributed by atoms with van der Waals surface area (Å²) in [6.07, 6.45) is 2.43. The number of oxazole rings is 1. The number of benzene rings is 2. The third kappa shape index (κ3) is 5.86. The van der Waals surface area contributed by atoms with Crippen molar-refractivity contribution in [1.82, 2.24) is 20.1 Å². The highest BCUT2D eigenvalue weighted by molar-refractivity contribution is 6.00. The highest BCUT2D eigenvalue weighted by atomic mass is 16.4. The maximum atomic E-state index is 13.5. The number of hydrogen-bond donors (Lipinski definition) is 3. The van der Waals surface area contributed by atoms with E-state index in [2.05, 4.69) is 10.3 Å². The number of carbonyl (C=O) groups is 3. The SMILES string of the molecule is Cc1coc(C2CCCN2C(=O)c2cccc(C(=O)NC(Cc3ccccc3)C(O)C3CCCN3C(=O)O)c2)n1. The minimum absolute atomic E-state index is 0.211. The summed E-state index contributed by atoms with van der Waals surface area (Å²) in [5.74, 6) is -0.148. The Hall–Kier alpha value is -4.18. The van der Waals surface area contributed by atoms with Crippen LogP contribution in [0.2, 0.25) is 0 Å². The Balaban J connectivity index is 1.35. The Bertz CT molecular complexity index is 1360. The van der Waals surface area contributed by atoms with Crippen molar-refractivity contribution in [3.8, 4) is 0 Å². The van der Waals surface area contributed by atoms with Crippen LogP contribution < -0.4 is 5.32 Å². The van der Waals surface area contributed by atoms with Crippen molar-refractivity contribution in [2.45, 2.75) is 63.3 Å². The summed E-state index contributed by atoms with van der Waals surface area (Å²) in [4.78, 5) is 46.1. The molecule has 3 aromatic rings. The third-order valence-electron chi connectivity index (χ3n) is 7.77. The molecule has 2 aliphatic heterocycles. The summed E-state index contributed by atoms with van der Waals surface area (Å²) in [6.45, 7) is 2.75. The van der Waals surface area contributed by atoms with Crippen LogP contribution in [0.25, 0.3) is 0 Å². The molecule has 2 fully saturated rings. The molecule has 0 saturated carbocycles. The average Bonchev–Trinajstić information content (AvgIpc) is 3.73. The Morgan fingerprint density at radius 2 is 1.75 bits per heavy atom. The van der Waals surface area contributed by atoms with Gasteiger partial charge in [0, 0.05) is 24.2 Å². The molecule has 3 heterocycles. The molecule has 40 heavy (non-hydrogen) atoms. The van der Waals surface area contributed by atoms with E-state index < -0.39 is 30.2 Å².